The van der Waals surface area contributed by atoms with Crippen molar-refractivity contribution in [2.24, 2.45) is 5.92 Å². The third kappa shape index (κ3) is 5.81. The highest BCUT2D eigenvalue weighted by atomic mass is 16.2. The second-order valence-electron chi connectivity index (χ2n) is 8.80. The molecule has 0 radical (unpaired) electrons. The Morgan fingerprint density at radius 2 is 1.39 bits per heavy atom. The highest BCUT2D eigenvalue weighted by Crippen LogP contribution is 2.28. The molecule has 1 fully saturated rings. The molecule has 1 aromatic rings. The fourth-order valence-electron chi connectivity index (χ4n) is 3.75. The maximum absolute atomic E-state index is 13.3. The van der Waals surface area contributed by atoms with E-state index in [1.807, 2.05) is 28.8 Å². The van der Waals surface area contributed by atoms with Crippen LogP contribution in [0, 0.1) is 5.92 Å². The van der Waals surface area contributed by atoms with Gasteiger partial charge in [0, 0.05) is 39.1 Å². The smallest absolute Gasteiger partial charge is 0.230 e. The van der Waals surface area contributed by atoms with Gasteiger partial charge in [-0.25, -0.2) is 0 Å². The van der Waals surface area contributed by atoms with Gasteiger partial charge in [-0.3, -0.25) is 9.59 Å². The molecule has 2 rings (SSSR count). The zero-order valence-corrected chi connectivity index (χ0v) is 18.4. The molecule has 0 aliphatic carbocycles. The van der Waals surface area contributed by atoms with Gasteiger partial charge in [-0.05, 0) is 37.1 Å². The van der Waals surface area contributed by atoms with E-state index < -0.39 is 0 Å². The second kappa shape index (κ2) is 10.1. The minimum absolute atomic E-state index is 0.128. The lowest BCUT2D eigenvalue weighted by atomic mass is 9.86. The van der Waals surface area contributed by atoms with Gasteiger partial charge in [0.1, 0.15) is 0 Å². The molecule has 0 saturated carbocycles. The van der Waals surface area contributed by atoms with Crippen molar-refractivity contribution in [2.75, 3.05) is 46.8 Å². The number of hydrogen-bond donors (Lipinski definition) is 0. The van der Waals surface area contributed by atoms with Crippen LogP contribution >= 0.6 is 0 Å². The molecule has 1 aliphatic rings. The molecule has 156 valence electrons. The molecule has 1 atom stereocenters. The maximum Gasteiger partial charge on any atom is 0.230 e. The van der Waals surface area contributed by atoms with E-state index in [-0.39, 0.29) is 23.7 Å². The number of rotatable bonds is 7. The number of benzene rings is 1. The van der Waals surface area contributed by atoms with Crippen LogP contribution in [0.15, 0.2) is 24.3 Å². The van der Waals surface area contributed by atoms with Crippen molar-refractivity contribution in [1.82, 2.24) is 14.7 Å². The topological polar surface area (TPSA) is 43.9 Å². The summed E-state index contributed by atoms with van der Waals surface area (Å²) in [6.45, 7) is 11.9. The minimum atomic E-state index is -0.128. The maximum atomic E-state index is 13.3. The van der Waals surface area contributed by atoms with Crippen LogP contribution in [0.25, 0.3) is 0 Å². The molecule has 0 aromatic heterocycles. The second-order valence-corrected chi connectivity index (χ2v) is 8.80. The van der Waals surface area contributed by atoms with Gasteiger partial charge in [0.05, 0.1) is 5.92 Å². The largest absolute Gasteiger partial charge is 0.339 e. The number of carbonyl (C=O) groups is 2. The van der Waals surface area contributed by atoms with E-state index >= 15 is 0 Å². The van der Waals surface area contributed by atoms with Crippen LogP contribution in [0.2, 0.25) is 0 Å². The summed E-state index contributed by atoms with van der Waals surface area (Å²) in [6, 6.07) is 8.51. The molecular weight excluding hydrogens is 350 g/mol. The Kier molecular flexibility index (Phi) is 8.05. The highest BCUT2D eigenvalue weighted by molar-refractivity contribution is 5.84. The predicted molar refractivity (Wildman–Crippen MR) is 114 cm³/mol. The minimum Gasteiger partial charge on any atom is -0.339 e. The van der Waals surface area contributed by atoms with Gasteiger partial charge < -0.3 is 14.7 Å². The Morgan fingerprint density at radius 3 is 1.86 bits per heavy atom. The summed E-state index contributed by atoms with van der Waals surface area (Å²) in [5, 5.41) is 0. The molecular formula is C23H37N3O2. The Bertz CT molecular complexity index is 644. The molecule has 1 unspecified atom stereocenters. The predicted octanol–water partition coefficient (Wildman–Crippen LogP) is 3.17. The molecule has 0 bridgehead atoms. The molecule has 0 N–H and O–H groups in total. The van der Waals surface area contributed by atoms with Crippen molar-refractivity contribution >= 4 is 11.8 Å². The van der Waals surface area contributed by atoms with Crippen LogP contribution in [0.5, 0.6) is 0 Å². The summed E-state index contributed by atoms with van der Waals surface area (Å²) in [5.74, 6) is 0.966. The standard InChI is InChI=1S/C23H37N3O2/c1-17(2)19-7-9-20(10-8-19)22(18(3)4)23(28)26-15-13-25(14-16-26)21(27)11-12-24(5)6/h7-10,17-18,22H,11-16H2,1-6H3. The molecule has 28 heavy (non-hydrogen) atoms. The summed E-state index contributed by atoms with van der Waals surface area (Å²) in [5.41, 5.74) is 2.39. The Morgan fingerprint density at radius 1 is 0.893 bits per heavy atom. The summed E-state index contributed by atoms with van der Waals surface area (Å²) in [4.78, 5) is 31.5. The molecule has 5 nitrogen and oxygen atoms in total. The van der Waals surface area contributed by atoms with Crippen molar-refractivity contribution < 1.29 is 9.59 Å². The number of carbonyl (C=O) groups excluding carboxylic acids is 2. The van der Waals surface area contributed by atoms with Gasteiger partial charge in [0.25, 0.3) is 0 Å². The first-order valence-electron chi connectivity index (χ1n) is 10.5. The quantitative estimate of drug-likeness (QED) is 0.722. The molecule has 1 aromatic carbocycles. The lowest BCUT2D eigenvalue weighted by Crippen LogP contribution is -2.52. The zero-order chi connectivity index (χ0) is 20.8. The van der Waals surface area contributed by atoms with Gasteiger partial charge in [-0.15, -0.1) is 0 Å². The lowest BCUT2D eigenvalue weighted by Gasteiger charge is -2.37. The van der Waals surface area contributed by atoms with E-state index in [0.29, 0.717) is 38.5 Å². The van der Waals surface area contributed by atoms with Gasteiger partial charge in [0.15, 0.2) is 0 Å². The zero-order valence-electron chi connectivity index (χ0n) is 18.4. The van der Waals surface area contributed by atoms with Crippen LogP contribution in [-0.4, -0.2) is 73.3 Å². The van der Waals surface area contributed by atoms with Crippen LogP contribution in [0.4, 0.5) is 0 Å². The van der Waals surface area contributed by atoms with Gasteiger partial charge in [0.2, 0.25) is 11.8 Å². The fourth-order valence-corrected chi connectivity index (χ4v) is 3.75. The van der Waals surface area contributed by atoms with Crippen molar-refractivity contribution in [3.63, 3.8) is 0 Å². The number of amides is 2. The van der Waals surface area contributed by atoms with Crippen molar-refractivity contribution in [3.8, 4) is 0 Å². The van der Waals surface area contributed by atoms with Crippen molar-refractivity contribution in [2.45, 2.75) is 46.0 Å². The third-order valence-corrected chi connectivity index (χ3v) is 5.61. The first-order valence-corrected chi connectivity index (χ1v) is 10.5. The summed E-state index contributed by atoms with van der Waals surface area (Å²) < 4.78 is 0. The van der Waals surface area contributed by atoms with E-state index in [1.165, 1.54) is 5.56 Å². The normalized spacial score (nSPS) is 16.2. The van der Waals surface area contributed by atoms with E-state index in [2.05, 4.69) is 52.0 Å². The van der Waals surface area contributed by atoms with Gasteiger partial charge >= 0.3 is 0 Å². The Labute approximate surface area is 170 Å². The monoisotopic (exact) mass is 387 g/mol. The summed E-state index contributed by atoms with van der Waals surface area (Å²) in [6.07, 6.45) is 0.539. The van der Waals surface area contributed by atoms with Crippen LogP contribution in [0.3, 0.4) is 0 Å². The fraction of sp³-hybridized carbons (Fsp3) is 0.652. The first kappa shape index (κ1) is 22.4. The summed E-state index contributed by atoms with van der Waals surface area (Å²) >= 11 is 0. The van der Waals surface area contributed by atoms with E-state index in [9.17, 15) is 9.59 Å². The number of piperazine rings is 1. The molecule has 1 heterocycles. The SMILES string of the molecule is CC(C)c1ccc(C(C(=O)N2CCN(C(=O)CCN(C)C)CC2)C(C)C)cc1. The van der Waals surface area contributed by atoms with Crippen LogP contribution in [0.1, 0.15) is 57.1 Å². The molecule has 0 spiro atoms. The summed E-state index contributed by atoms with van der Waals surface area (Å²) in [7, 11) is 3.95. The Hall–Kier alpha value is -1.88. The number of nitrogens with zero attached hydrogens (tertiary/aromatic N) is 3. The lowest BCUT2D eigenvalue weighted by molar-refractivity contribution is -0.141. The molecule has 5 heteroatoms. The number of hydrogen-bond acceptors (Lipinski definition) is 3. The van der Waals surface area contributed by atoms with Crippen LogP contribution < -0.4 is 0 Å². The van der Waals surface area contributed by atoms with Crippen molar-refractivity contribution in [3.05, 3.63) is 35.4 Å². The first-order chi connectivity index (χ1) is 13.2. The molecule has 1 saturated heterocycles. The average molecular weight is 388 g/mol. The van der Waals surface area contributed by atoms with Crippen LogP contribution in [-0.2, 0) is 9.59 Å². The third-order valence-electron chi connectivity index (χ3n) is 5.61. The average Bonchev–Trinajstić information content (AvgIpc) is 2.66. The van der Waals surface area contributed by atoms with Gasteiger partial charge in [-0.1, -0.05) is 52.0 Å². The van der Waals surface area contributed by atoms with Gasteiger partial charge in [-0.2, -0.15) is 0 Å². The van der Waals surface area contributed by atoms with Crippen molar-refractivity contribution in [1.29, 1.82) is 0 Å². The Balaban J connectivity index is 2.00. The van der Waals surface area contributed by atoms with E-state index in [4.69, 9.17) is 0 Å². The molecule has 2 amide bonds. The highest BCUT2D eigenvalue weighted by Gasteiger charge is 2.31. The van der Waals surface area contributed by atoms with E-state index in [1.54, 1.807) is 0 Å². The van der Waals surface area contributed by atoms with E-state index in [0.717, 1.165) is 12.1 Å². The molecule has 1 aliphatic heterocycles.